The van der Waals surface area contributed by atoms with Crippen LogP contribution in [0.15, 0.2) is 77.8 Å². The maximum atomic E-state index is 14.5. The van der Waals surface area contributed by atoms with Crippen molar-refractivity contribution in [2.45, 2.75) is 5.54 Å². The van der Waals surface area contributed by atoms with Gasteiger partial charge < -0.3 is 14.6 Å². The third-order valence-corrected chi connectivity index (χ3v) is 5.00. The van der Waals surface area contributed by atoms with Gasteiger partial charge in [-0.2, -0.15) is 0 Å². The molecule has 1 aliphatic rings. The summed E-state index contributed by atoms with van der Waals surface area (Å²) < 4.78 is 25.3. The first-order valence-electron chi connectivity index (χ1n) is 9.24. The maximum absolute atomic E-state index is 14.5. The quantitative estimate of drug-likeness (QED) is 0.673. The van der Waals surface area contributed by atoms with Crippen LogP contribution in [0.3, 0.4) is 0 Å². The zero-order valence-corrected chi connectivity index (χ0v) is 16.1. The third kappa shape index (κ3) is 3.57. The molecule has 30 heavy (non-hydrogen) atoms. The van der Waals surface area contributed by atoms with Gasteiger partial charge in [0.1, 0.15) is 18.2 Å². The highest BCUT2D eigenvalue weighted by Gasteiger charge is 2.41. The van der Waals surface area contributed by atoms with Gasteiger partial charge in [-0.15, -0.1) is 0 Å². The molecule has 7 heteroatoms. The van der Waals surface area contributed by atoms with Gasteiger partial charge in [-0.05, 0) is 41.0 Å². The number of nitrogens with zero attached hydrogens (tertiary/aromatic N) is 1. The molecular weight excluding hydrogens is 387 g/mol. The molecule has 0 aromatic heterocycles. The van der Waals surface area contributed by atoms with Crippen LogP contribution in [-0.2, 0) is 10.3 Å². The van der Waals surface area contributed by atoms with E-state index in [0.717, 1.165) is 11.1 Å². The number of methoxy groups -OCH3 is 1. The molecule has 0 aliphatic carbocycles. The van der Waals surface area contributed by atoms with Crippen molar-refractivity contribution >= 4 is 12.1 Å². The topological polar surface area (TPSA) is 80.2 Å². The normalized spacial score (nSPS) is 17.7. The number of benzene rings is 3. The van der Waals surface area contributed by atoms with Crippen LogP contribution in [0.4, 0.5) is 9.18 Å². The van der Waals surface area contributed by atoms with E-state index in [1.165, 1.54) is 13.2 Å². The molecule has 0 radical (unpaired) electrons. The molecule has 3 aromatic rings. The fourth-order valence-corrected chi connectivity index (χ4v) is 3.54. The monoisotopic (exact) mass is 406 g/mol. The molecule has 1 amide bonds. The van der Waals surface area contributed by atoms with E-state index < -0.39 is 11.6 Å². The Morgan fingerprint density at radius 1 is 1.10 bits per heavy atom. The Morgan fingerprint density at radius 2 is 1.87 bits per heavy atom. The lowest BCUT2D eigenvalue weighted by molar-refractivity contribution is 0.195. The molecule has 3 aromatic carbocycles. The van der Waals surface area contributed by atoms with Crippen molar-refractivity contribution in [1.29, 1.82) is 0 Å². The molecule has 4 rings (SSSR count). The third-order valence-electron chi connectivity index (χ3n) is 5.00. The second-order valence-electron chi connectivity index (χ2n) is 6.79. The van der Waals surface area contributed by atoms with Crippen LogP contribution in [0, 0.1) is 5.82 Å². The molecule has 152 valence electrons. The van der Waals surface area contributed by atoms with Gasteiger partial charge in [0.15, 0.2) is 5.54 Å². The van der Waals surface area contributed by atoms with Crippen molar-refractivity contribution in [2.24, 2.45) is 4.99 Å². The number of aliphatic imine (C=N–C) groups is 1. The van der Waals surface area contributed by atoms with Gasteiger partial charge in [-0.1, -0.05) is 48.5 Å². The van der Waals surface area contributed by atoms with Crippen molar-refractivity contribution in [3.63, 3.8) is 0 Å². The summed E-state index contributed by atoms with van der Waals surface area (Å²) in [4.78, 5) is 15.6. The Kier molecular flexibility index (Phi) is 5.10. The molecule has 1 atom stereocenters. The fraction of sp³-hybridized carbons (Fsp3) is 0.130. The first kappa shape index (κ1) is 19.4. The SMILES string of the molecule is COc1ccc(F)c(-c2cccc(C3(c4ccccc4)COC(NC(=O)O)=N3)c2)c1. The summed E-state index contributed by atoms with van der Waals surface area (Å²) >= 11 is 0. The Hall–Kier alpha value is -3.87. The van der Waals surface area contributed by atoms with Crippen molar-refractivity contribution in [3.8, 4) is 16.9 Å². The van der Waals surface area contributed by atoms with Crippen LogP contribution in [-0.4, -0.2) is 30.9 Å². The number of halogens is 1. The summed E-state index contributed by atoms with van der Waals surface area (Å²) in [5.74, 6) is 0.172. The Balaban J connectivity index is 1.85. The number of hydrogen-bond donors (Lipinski definition) is 2. The van der Waals surface area contributed by atoms with Crippen molar-refractivity contribution in [1.82, 2.24) is 5.32 Å². The van der Waals surface area contributed by atoms with E-state index in [2.05, 4.69) is 10.3 Å². The van der Waals surface area contributed by atoms with E-state index in [1.807, 2.05) is 48.5 Å². The van der Waals surface area contributed by atoms with Crippen molar-refractivity contribution in [3.05, 3.63) is 89.7 Å². The van der Waals surface area contributed by atoms with Crippen molar-refractivity contribution < 1.29 is 23.8 Å². The highest BCUT2D eigenvalue weighted by Crippen LogP contribution is 2.39. The van der Waals surface area contributed by atoms with Crippen LogP contribution in [0.5, 0.6) is 5.75 Å². The van der Waals surface area contributed by atoms with E-state index in [-0.39, 0.29) is 18.4 Å². The number of carbonyl (C=O) groups is 1. The van der Waals surface area contributed by atoms with E-state index in [1.54, 1.807) is 18.2 Å². The smallest absolute Gasteiger partial charge is 0.412 e. The summed E-state index contributed by atoms with van der Waals surface area (Å²) in [7, 11) is 1.53. The fourth-order valence-electron chi connectivity index (χ4n) is 3.54. The first-order chi connectivity index (χ1) is 14.5. The largest absolute Gasteiger partial charge is 0.497 e. The molecule has 1 unspecified atom stereocenters. The van der Waals surface area contributed by atoms with E-state index in [0.29, 0.717) is 16.9 Å². The minimum absolute atomic E-state index is 0.0793. The zero-order valence-electron chi connectivity index (χ0n) is 16.1. The summed E-state index contributed by atoms with van der Waals surface area (Å²) in [6.07, 6.45) is -1.26. The molecule has 0 saturated carbocycles. The van der Waals surface area contributed by atoms with Crippen LogP contribution < -0.4 is 10.1 Å². The number of rotatable bonds is 4. The molecule has 0 spiro atoms. The minimum Gasteiger partial charge on any atom is -0.497 e. The lowest BCUT2D eigenvalue weighted by atomic mass is 9.83. The van der Waals surface area contributed by atoms with E-state index in [9.17, 15) is 9.18 Å². The van der Waals surface area contributed by atoms with E-state index in [4.69, 9.17) is 14.6 Å². The number of nitrogens with one attached hydrogen (secondary N) is 1. The van der Waals surface area contributed by atoms with Crippen LogP contribution in [0.25, 0.3) is 11.1 Å². The standard InChI is InChI=1S/C23H19FN2O4/c1-29-18-10-11-20(24)19(13-18)15-6-5-9-17(12-15)23(16-7-3-2-4-8-16)14-30-21(26-23)25-22(27)28/h2-13H,14H2,1H3,(H,25,26)(H,27,28). The second kappa shape index (κ2) is 7.87. The molecule has 1 aliphatic heterocycles. The molecular formula is C23H19FN2O4. The van der Waals surface area contributed by atoms with Gasteiger partial charge >= 0.3 is 6.09 Å². The molecule has 0 saturated heterocycles. The number of carboxylic acid groups (broad SMARTS) is 1. The summed E-state index contributed by atoms with van der Waals surface area (Å²) in [6, 6.07) is 21.2. The highest BCUT2D eigenvalue weighted by molar-refractivity contribution is 5.91. The average Bonchev–Trinajstić information content (AvgIpc) is 3.19. The van der Waals surface area contributed by atoms with Crippen LogP contribution >= 0.6 is 0 Å². The Morgan fingerprint density at radius 3 is 2.60 bits per heavy atom. The predicted octanol–water partition coefficient (Wildman–Crippen LogP) is 4.40. The van der Waals surface area contributed by atoms with Gasteiger partial charge in [-0.25, -0.2) is 19.5 Å². The molecule has 1 heterocycles. The zero-order chi connectivity index (χ0) is 21.1. The summed E-state index contributed by atoms with van der Waals surface area (Å²) in [5.41, 5.74) is 1.65. The summed E-state index contributed by atoms with van der Waals surface area (Å²) in [6.45, 7) is 0.108. The summed E-state index contributed by atoms with van der Waals surface area (Å²) in [5, 5.41) is 11.2. The first-order valence-corrected chi connectivity index (χ1v) is 9.24. The van der Waals surface area contributed by atoms with Gasteiger partial charge in [0.2, 0.25) is 0 Å². The Bertz CT molecular complexity index is 1120. The number of ether oxygens (including phenoxy) is 2. The van der Waals surface area contributed by atoms with Crippen LogP contribution in [0.1, 0.15) is 11.1 Å². The van der Waals surface area contributed by atoms with Gasteiger partial charge in [-0.3, -0.25) is 0 Å². The molecule has 6 nitrogen and oxygen atoms in total. The second-order valence-corrected chi connectivity index (χ2v) is 6.79. The van der Waals surface area contributed by atoms with Crippen LogP contribution in [0.2, 0.25) is 0 Å². The van der Waals surface area contributed by atoms with Gasteiger partial charge in [0.25, 0.3) is 6.02 Å². The predicted molar refractivity (Wildman–Crippen MR) is 110 cm³/mol. The van der Waals surface area contributed by atoms with Gasteiger partial charge in [0.05, 0.1) is 7.11 Å². The average molecular weight is 406 g/mol. The lowest BCUT2D eigenvalue weighted by Crippen LogP contribution is -2.28. The van der Waals surface area contributed by atoms with Crippen molar-refractivity contribution in [2.75, 3.05) is 13.7 Å². The Labute approximate surface area is 172 Å². The van der Waals surface area contributed by atoms with E-state index >= 15 is 0 Å². The highest BCUT2D eigenvalue weighted by atomic mass is 19.1. The molecule has 0 bridgehead atoms. The number of hydrogen-bond acceptors (Lipinski definition) is 4. The van der Waals surface area contributed by atoms with Gasteiger partial charge in [0, 0.05) is 5.56 Å². The minimum atomic E-state index is -1.26. The molecule has 2 N–H and O–H groups in total. The maximum Gasteiger partial charge on any atom is 0.412 e. The number of amidine groups is 1. The number of amides is 1. The molecule has 0 fully saturated rings. The lowest BCUT2D eigenvalue weighted by Gasteiger charge is -2.25.